The van der Waals surface area contributed by atoms with Gasteiger partial charge in [0.25, 0.3) is 0 Å². The number of H-pyrrole nitrogens is 1. The first-order valence-electron chi connectivity index (χ1n) is 5.15. The quantitative estimate of drug-likeness (QED) is 0.633. The monoisotopic (exact) mass is 293 g/mol. The molecule has 1 heterocycles. The van der Waals surface area contributed by atoms with Crippen LogP contribution in [0.2, 0.25) is 0 Å². The van der Waals surface area contributed by atoms with Gasteiger partial charge in [-0.1, -0.05) is 0 Å². The van der Waals surface area contributed by atoms with E-state index in [2.05, 4.69) is 0 Å². The molecule has 2 rings (SSSR count). The molecule has 20 heavy (non-hydrogen) atoms. The van der Waals surface area contributed by atoms with Gasteiger partial charge in [-0.15, -0.1) is 0 Å². The van der Waals surface area contributed by atoms with Gasteiger partial charge >= 0.3 is 6.18 Å². The van der Waals surface area contributed by atoms with Crippen LogP contribution in [0, 0.1) is 17.5 Å². The maximum atomic E-state index is 13.0. The van der Waals surface area contributed by atoms with Crippen molar-refractivity contribution in [2.75, 3.05) is 0 Å². The summed E-state index contributed by atoms with van der Waals surface area (Å²) >= 11 is 0. The van der Waals surface area contributed by atoms with Gasteiger partial charge in [0.2, 0.25) is 5.56 Å². The standard InChI is InChI=1S/C12H5F6NO/c13-7-1-5(2-8(14)11(7)15)9-3-6(12(16,17)18)4-10(20)19-9/h1-4H,(H,19,20). The molecule has 0 aliphatic heterocycles. The SMILES string of the molecule is O=c1cc(C(F)(F)F)cc(-c2cc(F)c(F)c(F)c2)[nH]1. The number of hydrogen-bond donors (Lipinski definition) is 1. The molecule has 0 unspecified atom stereocenters. The van der Waals surface area contributed by atoms with Gasteiger partial charge in [-0.3, -0.25) is 4.79 Å². The summed E-state index contributed by atoms with van der Waals surface area (Å²) in [7, 11) is 0. The summed E-state index contributed by atoms with van der Waals surface area (Å²) in [6.07, 6.45) is -4.79. The smallest absolute Gasteiger partial charge is 0.322 e. The van der Waals surface area contributed by atoms with Gasteiger partial charge < -0.3 is 4.98 Å². The van der Waals surface area contributed by atoms with E-state index >= 15 is 0 Å². The molecular weight excluding hydrogens is 288 g/mol. The minimum absolute atomic E-state index is 0.305. The fraction of sp³-hybridized carbons (Fsp3) is 0.0833. The van der Waals surface area contributed by atoms with Crippen LogP contribution in [-0.4, -0.2) is 4.98 Å². The Hall–Kier alpha value is -2.25. The minimum Gasteiger partial charge on any atom is -0.322 e. The zero-order valence-electron chi connectivity index (χ0n) is 9.49. The topological polar surface area (TPSA) is 32.9 Å². The van der Waals surface area contributed by atoms with Crippen molar-refractivity contribution in [1.82, 2.24) is 4.98 Å². The van der Waals surface area contributed by atoms with E-state index in [1.807, 2.05) is 4.98 Å². The zero-order valence-corrected chi connectivity index (χ0v) is 9.49. The Morgan fingerprint density at radius 1 is 0.900 bits per heavy atom. The Labute approximate surface area is 107 Å². The average Bonchev–Trinajstić information content (AvgIpc) is 2.33. The molecule has 0 bridgehead atoms. The van der Waals surface area contributed by atoms with E-state index in [0.717, 1.165) is 0 Å². The van der Waals surface area contributed by atoms with Crippen molar-refractivity contribution in [2.24, 2.45) is 0 Å². The first-order valence-corrected chi connectivity index (χ1v) is 5.15. The molecule has 8 heteroatoms. The number of aromatic amines is 1. The van der Waals surface area contributed by atoms with Crippen LogP contribution >= 0.6 is 0 Å². The molecule has 1 N–H and O–H groups in total. The summed E-state index contributed by atoms with van der Waals surface area (Å²) in [5.41, 5.74) is -3.26. The van der Waals surface area contributed by atoms with Crippen molar-refractivity contribution in [3.05, 3.63) is 57.6 Å². The molecule has 1 aromatic carbocycles. The molecule has 0 radical (unpaired) electrons. The van der Waals surface area contributed by atoms with Crippen LogP contribution in [-0.2, 0) is 6.18 Å². The lowest BCUT2D eigenvalue weighted by Crippen LogP contribution is -2.14. The van der Waals surface area contributed by atoms with Crippen LogP contribution in [0.5, 0.6) is 0 Å². The van der Waals surface area contributed by atoms with Gasteiger partial charge in [-0.05, 0) is 18.2 Å². The van der Waals surface area contributed by atoms with E-state index in [9.17, 15) is 31.1 Å². The lowest BCUT2D eigenvalue weighted by atomic mass is 10.1. The summed E-state index contributed by atoms with van der Waals surface area (Å²) < 4.78 is 76.4. The highest BCUT2D eigenvalue weighted by Gasteiger charge is 2.31. The number of nitrogens with one attached hydrogen (secondary N) is 1. The third-order valence-electron chi connectivity index (χ3n) is 2.47. The summed E-state index contributed by atoms with van der Waals surface area (Å²) in [5, 5.41) is 0. The fourth-order valence-electron chi connectivity index (χ4n) is 1.57. The molecule has 0 saturated carbocycles. The van der Waals surface area contributed by atoms with Crippen LogP contribution in [0.4, 0.5) is 26.3 Å². The Morgan fingerprint density at radius 3 is 1.95 bits per heavy atom. The van der Waals surface area contributed by atoms with E-state index < -0.39 is 46.0 Å². The third kappa shape index (κ3) is 2.68. The highest BCUT2D eigenvalue weighted by atomic mass is 19.4. The number of halogens is 6. The van der Waals surface area contributed by atoms with E-state index in [1.165, 1.54) is 0 Å². The fourth-order valence-corrected chi connectivity index (χ4v) is 1.57. The van der Waals surface area contributed by atoms with Gasteiger partial charge in [0, 0.05) is 17.3 Å². The molecule has 1 aromatic heterocycles. The van der Waals surface area contributed by atoms with Crippen molar-refractivity contribution in [1.29, 1.82) is 0 Å². The Balaban J connectivity index is 2.65. The summed E-state index contributed by atoms with van der Waals surface area (Å²) in [6.45, 7) is 0. The number of pyridine rings is 1. The van der Waals surface area contributed by atoms with Gasteiger partial charge in [0.05, 0.1) is 5.56 Å². The Morgan fingerprint density at radius 2 is 1.45 bits per heavy atom. The van der Waals surface area contributed by atoms with Gasteiger partial charge in [0.15, 0.2) is 17.5 Å². The maximum absolute atomic E-state index is 13.0. The van der Waals surface area contributed by atoms with Crippen molar-refractivity contribution in [2.45, 2.75) is 6.18 Å². The third-order valence-corrected chi connectivity index (χ3v) is 2.47. The normalized spacial score (nSPS) is 11.7. The molecule has 0 fully saturated rings. The van der Waals surface area contributed by atoms with E-state index in [1.54, 1.807) is 0 Å². The van der Waals surface area contributed by atoms with E-state index in [4.69, 9.17) is 0 Å². The predicted octanol–water partition coefficient (Wildman–Crippen LogP) is 3.48. The van der Waals surface area contributed by atoms with Gasteiger partial charge in [-0.2, -0.15) is 13.2 Å². The number of alkyl halides is 3. The molecule has 2 aromatic rings. The molecule has 2 nitrogen and oxygen atoms in total. The van der Waals surface area contributed by atoms with Crippen LogP contribution < -0.4 is 5.56 Å². The molecule has 0 aliphatic rings. The second-order valence-corrected chi connectivity index (χ2v) is 3.90. The van der Waals surface area contributed by atoms with Crippen molar-refractivity contribution in [3.63, 3.8) is 0 Å². The number of benzene rings is 1. The highest BCUT2D eigenvalue weighted by Crippen LogP contribution is 2.30. The van der Waals surface area contributed by atoms with Gasteiger partial charge in [-0.25, -0.2) is 13.2 Å². The number of aromatic nitrogens is 1. The van der Waals surface area contributed by atoms with Gasteiger partial charge in [0.1, 0.15) is 0 Å². The molecule has 0 atom stereocenters. The van der Waals surface area contributed by atoms with E-state index in [-0.39, 0.29) is 0 Å². The molecular formula is C12H5F6NO. The van der Waals surface area contributed by atoms with Crippen LogP contribution in [0.25, 0.3) is 11.3 Å². The van der Waals surface area contributed by atoms with Crippen molar-refractivity contribution in [3.8, 4) is 11.3 Å². The van der Waals surface area contributed by atoms with Crippen molar-refractivity contribution < 1.29 is 26.3 Å². The number of hydrogen-bond acceptors (Lipinski definition) is 1. The Kier molecular flexibility index (Phi) is 3.33. The van der Waals surface area contributed by atoms with Crippen LogP contribution in [0.3, 0.4) is 0 Å². The average molecular weight is 293 g/mol. The first-order chi connectivity index (χ1) is 9.18. The lowest BCUT2D eigenvalue weighted by Gasteiger charge is -2.09. The first kappa shape index (κ1) is 14.2. The second kappa shape index (κ2) is 4.69. The molecule has 106 valence electrons. The number of rotatable bonds is 1. The van der Waals surface area contributed by atoms with E-state index in [0.29, 0.717) is 24.3 Å². The molecule has 0 saturated heterocycles. The zero-order chi connectivity index (χ0) is 15.1. The molecule has 0 amide bonds. The molecule has 0 spiro atoms. The highest BCUT2D eigenvalue weighted by molar-refractivity contribution is 5.60. The van der Waals surface area contributed by atoms with Crippen LogP contribution in [0.15, 0.2) is 29.1 Å². The minimum atomic E-state index is -4.79. The maximum Gasteiger partial charge on any atom is 0.416 e. The lowest BCUT2D eigenvalue weighted by molar-refractivity contribution is -0.137. The second-order valence-electron chi connectivity index (χ2n) is 3.90. The predicted molar refractivity (Wildman–Crippen MR) is 57.4 cm³/mol. The summed E-state index contributed by atoms with van der Waals surface area (Å²) in [4.78, 5) is 13.1. The largest absolute Gasteiger partial charge is 0.416 e. The summed E-state index contributed by atoms with van der Waals surface area (Å²) in [6, 6.07) is 1.79. The van der Waals surface area contributed by atoms with Crippen LogP contribution in [0.1, 0.15) is 5.56 Å². The molecule has 0 aliphatic carbocycles. The summed E-state index contributed by atoms with van der Waals surface area (Å²) in [5.74, 6) is -4.89. The Bertz CT molecular complexity index is 696. The van der Waals surface area contributed by atoms with Crippen molar-refractivity contribution >= 4 is 0 Å².